The third kappa shape index (κ3) is 8.18. The van der Waals surface area contributed by atoms with Crippen molar-refractivity contribution in [2.45, 2.75) is 104 Å². The molecule has 1 amide bonds. The molecule has 1 fully saturated rings. The van der Waals surface area contributed by atoms with Gasteiger partial charge < -0.3 is 42.8 Å². The molecule has 2 aliphatic heterocycles. The Kier molecular flexibility index (Phi) is 12.1. The first-order valence-corrected chi connectivity index (χ1v) is 17.2. The van der Waals surface area contributed by atoms with Gasteiger partial charge in [0.25, 0.3) is 0 Å². The van der Waals surface area contributed by atoms with Crippen molar-refractivity contribution in [3.63, 3.8) is 0 Å². The number of amides is 1. The normalized spacial score (nSPS) is 21.6. The Bertz CT molecular complexity index is 1490. The molecule has 2 heterocycles. The molecular weight excluding hydrogens is 644 g/mol. The molecule has 5 unspecified atom stereocenters. The van der Waals surface area contributed by atoms with Crippen LogP contribution in [-0.2, 0) is 9.47 Å². The summed E-state index contributed by atoms with van der Waals surface area (Å²) < 4.78 is 47.3. The molecule has 50 heavy (non-hydrogen) atoms. The number of hydrogen-bond donors (Lipinski definition) is 0. The number of carbonyl (C=O) groups is 2. The molecule has 2 aliphatic rings. The largest absolute Gasteiger partial charge is 0.496 e. The van der Waals surface area contributed by atoms with Gasteiger partial charge in [0.2, 0.25) is 11.5 Å². The number of methoxy groups -OCH3 is 5. The Labute approximate surface area is 297 Å². The van der Waals surface area contributed by atoms with Crippen LogP contribution < -0.4 is 28.4 Å². The Morgan fingerprint density at radius 1 is 0.920 bits per heavy atom. The van der Waals surface area contributed by atoms with E-state index in [0.29, 0.717) is 65.9 Å². The van der Waals surface area contributed by atoms with Gasteiger partial charge in [-0.25, -0.2) is 4.79 Å². The number of benzene rings is 2. The van der Waals surface area contributed by atoms with Crippen molar-refractivity contribution in [2.24, 2.45) is 5.41 Å². The van der Waals surface area contributed by atoms with Gasteiger partial charge in [0, 0.05) is 36.3 Å². The minimum atomic E-state index is -1.07. The van der Waals surface area contributed by atoms with Crippen molar-refractivity contribution in [2.75, 3.05) is 49.1 Å². The quantitative estimate of drug-likeness (QED) is 0.228. The van der Waals surface area contributed by atoms with Crippen LogP contribution in [0.4, 0.5) is 4.79 Å². The predicted octanol–water partition coefficient (Wildman–Crippen LogP) is 6.91. The lowest BCUT2D eigenvalue weighted by Gasteiger charge is -2.49. The van der Waals surface area contributed by atoms with Crippen LogP contribution in [0.15, 0.2) is 24.3 Å². The second-order valence-corrected chi connectivity index (χ2v) is 14.9. The van der Waals surface area contributed by atoms with E-state index in [-0.39, 0.29) is 34.9 Å². The van der Waals surface area contributed by atoms with Crippen LogP contribution in [0.3, 0.4) is 0 Å². The molecule has 1 saturated heterocycles. The van der Waals surface area contributed by atoms with Crippen molar-refractivity contribution in [1.29, 1.82) is 0 Å². The van der Waals surface area contributed by atoms with Gasteiger partial charge in [0.05, 0.1) is 35.5 Å². The van der Waals surface area contributed by atoms with Crippen molar-refractivity contribution >= 4 is 11.9 Å². The van der Waals surface area contributed by atoms with Crippen molar-refractivity contribution in [3.05, 3.63) is 35.4 Å². The average Bonchev–Trinajstić information content (AvgIpc) is 3.08. The number of Topliss-reactive ketones (excluding diaryl/α,β-unsaturated/α-hetero) is 1. The number of piperidine rings is 1. The summed E-state index contributed by atoms with van der Waals surface area (Å²) in [6, 6.07) is 6.85. The third-order valence-electron chi connectivity index (χ3n) is 9.43. The predicted molar refractivity (Wildman–Crippen MR) is 189 cm³/mol. The summed E-state index contributed by atoms with van der Waals surface area (Å²) in [6.45, 7) is 14.6. The van der Waals surface area contributed by atoms with Gasteiger partial charge in [-0.2, -0.15) is 0 Å². The van der Waals surface area contributed by atoms with Gasteiger partial charge >= 0.3 is 6.09 Å². The second-order valence-electron chi connectivity index (χ2n) is 14.9. The average molecular weight is 701 g/mol. The first kappa shape index (κ1) is 38.9. The minimum Gasteiger partial charge on any atom is -0.496 e. The summed E-state index contributed by atoms with van der Waals surface area (Å²) in [5, 5.41) is 0. The van der Waals surface area contributed by atoms with E-state index in [0.717, 1.165) is 0 Å². The summed E-state index contributed by atoms with van der Waals surface area (Å²) in [7, 11) is 9.66. The highest BCUT2D eigenvalue weighted by Crippen LogP contribution is 2.47. The monoisotopic (exact) mass is 700 g/mol. The molecule has 5 atom stereocenters. The lowest BCUT2D eigenvalue weighted by Crippen LogP contribution is -2.58. The number of rotatable bonds is 11. The number of carbonyl (C=O) groups excluding carboxylic acids is 2. The van der Waals surface area contributed by atoms with Crippen molar-refractivity contribution in [1.82, 2.24) is 9.80 Å². The molecule has 278 valence electrons. The zero-order valence-electron chi connectivity index (χ0n) is 32.0. The van der Waals surface area contributed by atoms with Crippen LogP contribution in [0.5, 0.6) is 34.5 Å². The molecule has 0 radical (unpaired) electrons. The maximum absolute atomic E-state index is 14.6. The molecule has 0 spiro atoms. The number of nitrogens with zero attached hydrogens (tertiary/aromatic N) is 2. The Morgan fingerprint density at radius 3 is 2.04 bits per heavy atom. The molecule has 4 rings (SSSR count). The van der Waals surface area contributed by atoms with Crippen molar-refractivity contribution < 1.29 is 47.5 Å². The second kappa shape index (κ2) is 15.6. The van der Waals surface area contributed by atoms with Crippen LogP contribution in [-0.4, -0.2) is 101 Å². The zero-order valence-corrected chi connectivity index (χ0v) is 32.0. The highest BCUT2D eigenvalue weighted by Gasteiger charge is 2.46. The highest BCUT2D eigenvalue weighted by atomic mass is 16.6. The van der Waals surface area contributed by atoms with E-state index in [1.165, 1.54) is 35.5 Å². The summed E-state index contributed by atoms with van der Waals surface area (Å²) in [4.78, 5) is 31.9. The lowest BCUT2D eigenvalue weighted by molar-refractivity contribution is -0.132. The third-order valence-corrected chi connectivity index (χ3v) is 9.43. The molecule has 0 bridgehead atoms. The van der Waals surface area contributed by atoms with E-state index in [1.807, 2.05) is 39.6 Å². The first-order chi connectivity index (χ1) is 23.5. The first-order valence-electron chi connectivity index (χ1n) is 17.2. The van der Waals surface area contributed by atoms with E-state index < -0.39 is 24.0 Å². The smallest absolute Gasteiger partial charge is 0.410 e. The van der Waals surface area contributed by atoms with Crippen LogP contribution >= 0.6 is 0 Å². The van der Waals surface area contributed by atoms with Gasteiger partial charge in [0.15, 0.2) is 23.7 Å². The number of ketones is 1. The maximum Gasteiger partial charge on any atom is 0.410 e. The van der Waals surface area contributed by atoms with Crippen LogP contribution in [0.25, 0.3) is 0 Å². The van der Waals surface area contributed by atoms with Crippen LogP contribution in [0.2, 0.25) is 0 Å². The van der Waals surface area contributed by atoms with Gasteiger partial charge in [-0.1, -0.05) is 27.7 Å². The fourth-order valence-corrected chi connectivity index (χ4v) is 6.86. The number of likely N-dealkylation sites (tertiary alicyclic amines) is 1. The molecule has 0 saturated carbocycles. The molecule has 0 N–H and O–H groups in total. The van der Waals surface area contributed by atoms with E-state index in [2.05, 4.69) is 25.7 Å². The molecule has 12 nitrogen and oxygen atoms in total. The molecular formula is C38H56N2O10. The summed E-state index contributed by atoms with van der Waals surface area (Å²) in [6.07, 6.45) is -0.725. The Hall–Kier alpha value is -3.90. The van der Waals surface area contributed by atoms with E-state index in [9.17, 15) is 9.59 Å². The SMILES string of the molecule is CCC(OC1C(=O)c2c(OC)cc(OC)cc2OC1c1cc(OC)c(OC)c(OC)c1)N(C)C1CCN(C(=O)OC(C)(C)C)C(C(C)(C)C)C1. The number of fused-ring (bicyclic) bond motifs is 1. The van der Waals surface area contributed by atoms with E-state index >= 15 is 0 Å². The molecule has 12 heteroatoms. The van der Waals surface area contributed by atoms with E-state index in [4.69, 9.17) is 37.9 Å². The molecule has 2 aromatic carbocycles. The summed E-state index contributed by atoms with van der Waals surface area (Å²) in [5.74, 6) is 2.08. The van der Waals surface area contributed by atoms with Gasteiger partial charge in [-0.05, 0) is 64.6 Å². The standard InChI is InChI=1S/C38H56N2O10/c1-14-30(39(8)23-15-16-40(29(19-23)37(2,3)4)36(42)50-38(5,6)7)49-35-32(41)31-25(44-10)20-24(43-9)21-26(31)48-33(35)22-17-27(45-11)34(47-13)28(18-22)46-12/h17-18,20-21,23,29-30,33,35H,14-16,19H2,1-13H3. The topological polar surface area (TPSA) is 114 Å². The maximum atomic E-state index is 14.6. The number of ether oxygens (including phenoxy) is 8. The number of hydrogen-bond acceptors (Lipinski definition) is 11. The summed E-state index contributed by atoms with van der Waals surface area (Å²) >= 11 is 0. The van der Waals surface area contributed by atoms with Gasteiger partial charge in [-0.15, -0.1) is 0 Å². The zero-order chi connectivity index (χ0) is 37.1. The minimum absolute atomic E-state index is 0.0631. The van der Waals surface area contributed by atoms with Crippen LogP contribution in [0, 0.1) is 5.41 Å². The van der Waals surface area contributed by atoms with Crippen molar-refractivity contribution in [3.8, 4) is 34.5 Å². The van der Waals surface area contributed by atoms with Gasteiger partial charge in [0.1, 0.15) is 34.6 Å². The van der Waals surface area contributed by atoms with Gasteiger partial charge in [-0.3, -0.25) is 9.69 Å². The van der Waals surface area contributed by atoms with Crippen LogP contribution in [0.1, 0.15) is 89.8 Å². The Morgan fingerprint density at radius 2 is 1.54 bits per heavy atom. The summed E-state index contributed by atoms with van der Waals surface area (Å²) in [5.41, 5.74) is 0.0775. The fourth-order valence-electron chi connectivity index (χ4n) is 6.86. The lowest BCUT2D eigenvalue weighted by atomic mass is 9.79. The highest BCUT2D eigenvalue weighted by molar-refractivity contribution is 6.06. The molecule has 0 aromatic heterocycles. The fraction of sp³-hybridized carbons (Fsp3) is 0.632. The Balaban J connectivity index is 1.72. The molecule has 0 aliphatic carbocycles. The van der Waals surface area contributed by atoms with E-state index in [1.54, 1.807) is 24.3 Å². The molecule has 2 aromatic rings.